The zero-order valence-corrected chi connectivity index (χ0v) is 16.3. The first-order chi connectivity index (χ1) is 11.8. The normalized spacial score (nSPS) is 21.5. The number of aliphatic carboxylic acids is 1. The van der Waals surface area contributed by atoms with E-state index in [4.69, 9.17) is 4.74 Å². The predicted octanol–water partition coefficient (Wildman–Crippen LogP) is 5.17. The van der Waals surface area contributed by atoms with Crippen molar-refractivity contribution in [1.82, 2.24) is 0 Å². The van der Waals surface area contributed by atoms with Crippen LogP contribution in [-0.4, -0.2) is 17.7 Å². The Balaban J connectivity index is 2.36. The summed E-state index contributed by atoms with van der Waals surface area (Å²) in [4.78, 5) is 13.0. The fraction of sp³-hybridized carbons (Fsp3) is 0.500. The van der Waals surface area contributed by atoms with Crippen LogP contribution in [0.15, 0.2) is 43.9 Å². The van der Waals surface area contributed by atoms with Gasteiger partial charge in [-0.1, -0.05) is 38.1 Å². The number of carboxylic acid groups (broad SMARTS) is 1. The summed E-state index contributed by atoms with van der Waals surface area (Å²) < 4.78 is 5.79. The minimum atomic E-state index is -0.882. The molecule has 2 rings (SSSR count). The van der Waals surface area contributed by atoms with E-state index in [1.807, 2.05) is 19.9 Å². The quantitative estimate of drug-likeness (QED) is 0.733. The molecule has 0 bridgehead atoms. The highest BCUT2D eigenvalue weighted by molar-refractivity contribution is 8.07. The highest BCUT2D eigenvalue weighted by Crippen LogP contribution is 2.47. The summed E-state index contributed by atoms with van der Waals surface area (Å²) in [5.41, 5.74) is 3.66. The van der Waals surface area contributed by atoms with Gasteiger partial charge in [-0.2, -0.15) is 5.26 Å². The topological polar surface area (TPSA) is 70.3 Å². The summed E-state index contributed by atoms with van der Waals surface area (Å²) in [6, 6.07) is 2.23. The van der Waals surface area contributed by atoms with Gasteiger partial charge in [0.2, 0.25) is 0 Å². The number of nitriles is 1. The average Bonchev–Trinajstić information content (AvgIpc) is 2.57. The molecule has 0 fully saturated rings. The summed E-state index contributed by atoms with van der Waals surface area (Å²) in [7, 11) is 0. The van der Waals surface area contributed by atoms with Crippen molar-refractivity contribution >= 4 is 17.7 Å². The van der Waals surface area contributed by atoms with Crippen molar-refractivity contribution in [3.8, 4) is 6.07 Å². The first-order valence-corrected chi connectivity index (χ1v) is 9.37. The van der Waals surface area contributed by atoms with E-state index in [1.165, 1.54) is 17.3 Å². The first-order valence-electron chi connectivity index (χ1n) is 8.55. The minimum absolute atomic E-state index is 0.0938. The van der Waals surface area contributed by atoms with Crippen LogP contribution in [0.5, 0.6) is 0 Å². The van der Waals surface area contributed by atoms with Gasteiger partial charge in [0.1, 0.15) is 11.8 Å². The van der Waals surface area contributed by atoms with Crippen LogP contribution in [0.4, 0.5) is 0 Å². The van der Waals surface area contributed by atoms with Crippen molar-refractivity contribution in [3.05, 3.63) is 43.9 Å². The number of carbonyl (C=O) groups is 1. The maximum Gasteiger partial charge on any atom is 0.342 e. The molecule has 1 aliphatic heterocycles. The smallest absolute Gasteiger partial charge is 0.342 e. The summed E-state index contributed by atoms with van der Waals surface area (Å²) in [6.45, 7) is 10.7. The predicted molar refractivity (Wildman–Crippen MR) is 101 cm³/mol. The van der Waals surface area contributed by atoms with Crippen molar-refractivity contribution in [3.63, 3.8) is 0 Å². The molecule has 134 valence electrons. The van der Waals surface area contributed by atoms with Crippen LogP contribution >= 0.6 is 11.8 Å². The highest BCUT2D eigenvalue weighted by Gasteiger charge is 2.29. The molecular weight excluding hydrogens is 334 g/mol. The lowest BCUT2D eigenvalue weighted by Gasteiger charge is -2.28. The highest BCUT2D eigenvalue weighted by atomic mass is 32.2. The number of hydrogen-bond donors (Lipinski definition) is 1. The average molecular weight is 359 g/mol. The van der Waals surface area contributed by atoms with Gasteiger partial charge in [0.15, 0.2) is 0 Å². The number of hydrogen-bond acceptors (Lipinski definition) is 4. The molecule has 1 N–H and O–H groups in total. The van der Waals surface area contributed by atoms with Crippen molar-refractivity contribution in [2.24, 2.45) is 11.8 Å². The van der Waals surface area contributed by atoms with Crippen LogP contribution in [0.2, 0.25) is 0 Å². The van der Waals surface area contributed by atoms with Gasteiger partial charge in [-0.15, -0.1) is 0 Å². The minimum Gasteiger partial charge on any atom is -0.496 e. The molecular formula is C20H25NO3S. The molecule has 0 saturated heterocycles. The number of allylic oxidation sites excluding steroid dienone is 6. The molecule has 5 heteroatoms. The summed E-state index contributed by atoms with van der Waals surface area (Å²) in [5, 5.41) is 19.0. The molecule has 1 unspecified atom stereocenters. The van der Waals surface area contributed by atoms with E-state index in [2.05, 4.69) is 26.8 Å². The van der Waals surface area contributed by atoms with Gasteiger partial charge in [0.25, 0.3) is 0 Å². The van der Waals surface area contributed by atoms with Gasteiger partial charge in [-0.3, -0.25) is 0 Å². The maximum absolute atomic E-state index is 11.6. The van der Waals surface area contributed by atoms with E-state index in [-0.39, 0.29) is 5.92 Å². The second-order valence-corrected chi connectivity index (χ2v) is 8.00. The zero-order chi connectivity index (χ0) is 18.7. The van der Waals surface area contributed by atoms with Crippen molar-refractivity contribution in [1.29, 1.82) is 5.26 Å². The van der Waals surface area contributed by atoms with E-state index in [9.17, 15) is 15.2 Å². The molecule has 4 nitrogen and oxygen atoms in total. The number of thioether (sulfide) groups is 1. The van der Waals surface area contributed by atoms with E-state index >= 15 is 0 Å². The van der Waals surface area contributed by atoms with Crippen molar-refractivity contribution in [2.75, 3.05) is 6.61 Å². The van der Waals surface area contributed by atoms with Gasteiger partial charge in [-0.25, -0.2) is 4.79 Å². The Bertz CT molecular complexity index is 747. The lowest BCUT2D eigenvalue weighted by Crippen LogP contribution is -2.15. The van der Waals surface area contributed by atoms with E-state index in [1.54, 1.807) is 0 Å². The van der Waals surface area contributed by atoms with Crippen LogP contribution in [0.25, 0.3) is 0 Å². The molecule has 0 radical (unpaired) electrons. The van der Waals surface area contributed by atoms with Crippen LogP contribution < -0.4 is 0 Å². The second kappa shape index (κ2) is 7.97. The van der Waals surface area contributed by atoms with E-state index in [0.717, 1.165) is 28.2 Å². The van der Waals surface area contributed by atoms with Gasteiger partial charge < -0.3 is 9.84 Å². The largest absolute Gasteiger partial charge is 0.496 e. The molecule has 1 heterocycles. The van der Waals surface area contributed by atoms with Gasteiger partial charge in [-0.05, 0) is 43.4 Å². The number of rotatable bonds is 5. The summed E-state index contributed by atoms with van der Waals surface area (Å²) >= 11 is 1.32. The third kappa shape index (κ3) is 4.19. The molecule has 0 aromatic rings. The van der Waals surface area contributed by atoms with Crippen molar-refractivity contribution < 1.29 is 14.6 Å². The van der Waals surface area contributed by atoms with Gasteiger partial charge >= 0.3 is 5.97 Å². The summed E-state index contributed by atoms with van der Waals surface area (Å²) in [6.07, 6.45) is 3.31. The summed E-state index contributed by atoms with van der Waals surface area (Å²) in [5.74, 6) is 0.366. The third-order valence-corrected chi connectivity index (χ3v) is 6.15. The Labute approximate surface area is 153 Å². The lowest BCUT2D eigenvalue weighted by atomic mass is 9.89. The molecule has 0 aromatic carbocycles. The van der Waals surface area contributed by atoms with E-state index < -0.39 is 5.97 Å². The van der Waals surface area contributed by atoms with E-state index in [0.29, 0.717) is 29.4 Å². The Morgan fingerprint density at radius 1 is 1.40 bits per heavy atom. The molecule has 0 saturated carbocycles. The molecule has 1 atom stereocenters. The fourth-order valence-electron chi connectivity index (χ4n) is 2.91. The van der Waals surface area contributed by atoms with Crippen LogP contribution in [-0.2, 0) is 9.53 Å². The molecule has 2 aliphatic rings. The number of nitrogens with zero attached hydrogens (tertiary/aromatic N) is 1. The van der Waals surface area contributed by atoms with Crippen LogP contribution in [0.3, 0.4) is 0 Å². The SMILES string of the molecule is CC1=C(C(=O)O)SC(C2=CC(C#N)=C(OCC(C)C)CC2)=C(C)C1C. The second-order valence-electron chi connectivity index (χ2n) is 6.98. The Kier molecular flexibility index (Phi) is 6.18. The van der Waals surface area contributed by atoms with Gasteiger partial charge in [0, 0.05) is 17.2 Å². The Morgan fingerprint density at radius 2 is 2.08 bits per heavy atom. The van der Waals surface area contributed by atoms with Gasteiger partial charge in [0.05, 0.1) is 17.1 Å². The Hall–Kier alpha value is -1.93. The third-order valence-electron chi connectivity index (χ3n) is 4.66. The maximum atomic E-state index is 11.6. The molecule has 1 aliphatic carbocycles. The standard InChI is InChI=1S/C20H25NO3S/c1-11(2)10-24-17-7-6-15(8-16(17)9-21)18-13(4)12(3)14(5)19(25-18)20(22)23/h8,11-12H,6-7,10H2,1-5H3,(H,22,23). The number of carboxylic acids is 1. The molecule has 0 aromatic heterocycles. The van der Waals surface area contributed by atoms with Crippen LogP contribution in [0.1, 0.15) is 47.5 Å². The number of ether oxygens (including phenoxy) is 1. The zero-order valence-electron chi connectivity index (χ0n) is 15.5. The Morgan fingerprint density at radius 3 is 2.64 bits per heavy atom. The fourth-order valence-corrected chi connectivity index (χ4v) is 4.17. The van der Waals surface area contributed by atoms with Crippen molar-refractivity contribution in [2.45, 2.75) is 47.5 Å². The molecule has 0 amide bonds. The lowest BCUT2D eigenvalue weighted by molar-refractivity contribution is -0.131. The molecule has 25 heavy (non-hydrogen) atoms. The first kappa shape index (κ1) is 19.4. The molecule has 0 spiro atoms. The monoisotopic (exact) mass is 359 g/mol. The van der Waals surface area contributed by atoms with Crippen LogP contribution in [0, 0.1) is 23.2 Å².